The van der Waals surface area contributed by atoms with Crippen LogP contribution in [0.3, 0.4) is 0 Å². The second-order valence-electron chi connectivity index (χ2n) is 11.4. The quantitative estimate of drug-likeness (QED) is 0.192. The van der Waals surface area contributed by atoms with Crippen molar-refractivity contribution in [3.05, 3.63) is 23.3 Å². The minimum atomic E-state index is -1.71. The number of allylic oxidation sites excluding steroid dienone is 4. The van der Waals surface area contributed by atoms with E-state index in [1.165, 1.54) is 17.6 Å². The predicted molar refractivity (Wildman–Crippen MR) is 136 cm³/mol. The van der Waals surface area contributed by atoms with Crippen molar-refractivity contribution >= 4 is 0 Å². The fourth-order valence-corrected chi connectivity index (χ4v) is 5.43. The molecular formula is C27H46O11. The molecule has 0 saturated carbocycles. The molecule has 2 saturated heterocycles. The molecule has 2 aliphatic heterocycles. The lowest BCUT2D eigenvalue weighted by atomic mass is 9.72. The summed E-state index contributed by atoms with van der Waals surface area (Å²) in [5.74, 6) is 0.189. The van der Waals surface area contributed by atoms with E-state index in [9.17, 15) is 35.7 Å². The number of aliphatic hydroxyl groups excluding tert-OH is 7. The molecule has 11 heteroatoms. The van der Waals surface area contributed by atoms with Crippen LogP contribution in [0.5, 0.6) is 0 Å². The standard InChI is InChI=1S/C27H46O11/c1-14(7-8-16-15(2)6-5-10-27(16,3)4)9-11-35-25-23(34)21(32)24(18(13-29)37-25)38-26-22(33)20(31)19(30)17(12-28)36-26/h7-8,14,17-26,28-34H,5-6,9-13H2,1-4H3/b8-7+/t14?,17-,18-,19-,20+,21-,22-,23-,24-,25+,26+/m1/s1. The van der Waals surface area contributed by atoms with Crippen LogP contribution in [-0.4, -0.2) is 117 Å². The van der Waals surface area contributed by atoms with Crippen molar-refractivity contribution < 1.29 is 54.7 Å². The zero-order valence-corrected chi connectivity index (χ0v) is 22.7. The van der Waals surface area contributed by atoms with Gasteiger partial charge in [0.05, 0.1) is 19.8 Å². The maximum atomic E-state index is 10.7. The molecule has 7 N–H and O–H groups in total. The zero-order valence-electron chi connectivity index (χ0n) is 22.7. The van der Waals surface area contributed by atoms with Gasteiger partial charge in [-0.3, -0.25) is 0 Å². The number of hydrogen-bond donors (Lipinski definition) is 7. The van der Waals surface area contributed by atoms with Crippen molar-refractivity contribution in [2.45, 2.75) is 115 Å². The molecule has 0 amide bonds. The third kappa shape index (κ3) is 7.21. The summed E-state index contributed by atoms with van der Waals surface area (Å²) in [6, 6.07) is 0. The van der Waals surface area contributed by atoms with Crippen LogP contribution >= 0.6 is 0 Å². The smallest absolute Gasteiger partial charge is 0.187 e. The lowest BCUT2D eigenvalue weighted by Crippen LogP contribution is -2.64. The SMILES string of the molecule is CC1=C(/C=C/C(C)CCO[C@H]2O[C@H](CO)[C@@H](O[C@@H]3O[C@H](CO)[C@@H](O)[C@H](O)[C@H]3O)[C@H](O)[C@H]2O)C(C)(C)CCC1. The molecule has 3 rings (SSSR count). The number of aliphatic hydroxyl groups is 7. The first-order valence-electron chi connectivity index (χ1n) is 13.5. The van der Waals surface area contributed by atoms with E-state index in [0.29, 0.717) is 6.42 Å². The van der Waals surface area contributed by atoms with Gasteiger partial charge in [-0.15, -0.1) is 0 Å². The van der Waals surface area contributed by atoms with Crippen molar-refractivity contribution in [2.24, 2.45) is 11.3 Å². The van der Waals surface area contributed by atoms with Gasteiger partial charge in [0.15, 0.2) is 12.6 Å². The Morgan fingerprint density at radius 2 is 1.55 bits per heavy atom. The lowest BCUT2D eigenvalue weighted by Gasteiger charge is -2.46. The zero-order chi connectivity index (χ0) is 28.2. The monoisotopic (exact) mass is 546 g/mol. The maximum absolute atomic E-state index is 10.7. The normalized spacial score (nSPS) is 41.0. The molecule has 2 fully saturated rings. The lowest BCUT2D eigenvalue weighted by molar-refractivity contribution is -0.359. The molecule has 38 heavy (non-hydrogen) atoms. The number of rotatable bonds is 10. The fourth-order valence-electron chi connectivity index (χ4n) is 5.43. The molecular weight excluding hydrogens is 500 g/mol. The van der Waals surface area contributed by atoms with E-state index in [4.69, 9.17) is 18.9 Å². The first kappa shape index (κ1) is 31.6. The van der Waals surface area contributed by atoms with Gasteiger partial charge < -0.3 is 54.7 Å². The molecule has 1 unspecified atom stereocenters. The highest BCUT2D eigenvalue weighted by molar-refractivity contribution is 5.32. The minimum Gasteiger partial charge on any atom is -0.394 e. The van der Waals surface area contributed by atoms with Gasteiger partial charge in [0.25, 0.3) is 0 Å². The van der Waals surface area contributed by atoms with Crippen LogP contribution in [0.4, 0.5) is 0 Å². The second-order valence-corrected chi connectivity index (χ2v) is 11.4. The topological polar surface area (TPSA) is 179 Å². The van der Waals surface area contributed by atoms with Crippen molar-refractivity contribution in [3.63, 3.8) is 0 Å². The van der Waals surface area contributed by atoms with Gasteiger partial charge in [0.1, 0.15) is 48.8 Å². The molecule has 3 aliphatic rings. The maximum Gasteiger partial charge on any atom is 0.187 e. The average molecular weight is 547 g/mol. The summed E-state index contributed by atoms with van der Waals surface area (Å²) in [7, 11) is 0. The van der Waals surface area contributed by atoms with E-state index in [2.05, 4.69) is 39.8 Å². The third-order valence-corrected chi connectivity index (χ3v) is 7.95. The molecule has 0 bridgehead atoms. The van der Waals surface area contributed by atoms with E-state index in [-0.39, 0.29) is 17.9 Å². The molecule has 0 aromatic rings. The largest absolute Gasteiger partial charge is 0.394 e. The number of hydrogen-bond acceptors (Lipinski definition) is 11. The fraction of sp³-hybridized carbons (Fsp3) is 0.852. The van der Waals surface area contributed by atoms with Crippen molar-refractivity contribution in [3.8, 4) is 0 Å². The average Bonchev–Trinajstić information content (AvgIpc) is 2.87. The van der Waals surface area contributed by atoms with Crippen LogP contribution in [0, 0.1) is 11.3 Å². The Kier molecular flexibility index (Phi) is 11.3. The summed E-state index contributed by atoms with van der Waals surface area (Å²) in [6.07, 6.45) is -6.10. The number of ether oxygens (including phenoxy) is 4. The summed E-state index contributed by atoms with van der Waals surface area (Å²) >= 11 is 0. The summed E-state index contributed by atoms with van der Waals surface area (Å²) in [4.78, 5) is 0. The molecule has 220 valence electrons. The van der Waals surface area contributed by atoms with Gasteiger partial charge in [0.2, 0.25) is 0 Å². The van der Waals surface area contributed by atoms with Crippen LogP contribution in [-0.2, 0) is 18.9 Å². The first-order valence-corrected chi connectivity index (χ1v) is 13.5. The highest BCUT2D eigenvalue weighted by Crippen LogP contribution is 2.41. The van der Waals surface area contributed by atoms with Crippen LogP contribution in [0.1, 0.15) is 53.4 Å². The van der Waals surface area contributed by atoms with E-state index < -0.39 is 74.6 Å². The van der Waals surface area contributed by atoms with Crippen molar-refractivity contribution in [1.82, 2.24) is 0 Å². The van der Waals surface area contributed by atoms with Gasteiger partial charge in [-0.1, -0.05) is 38.5 Å². The molecule has 2 heterocycles. The van der Waals surface area contributed by atoms with E-state index in [1.54, 1.807) is 0 Å². The molecule has 11 atom stereocenters. The van der Waals surface area contributed by atoms with Crippen molar-refractivity contribution in [2.75, 3.05) is 19.8 Å². The Bertz CT molecular complexity index is 811. The van der Waals surface area contributed by atoms with E-state index in [0.717, 1.165) is 12.8 Å². The highest BCUT2D eigenvalue weighted by atomic mass is 16.7. The van der Waals surface area contributed by atoms with Crippen LogP contribution < -0.4 is 0 Å². The molecule has 0 spiro atoms. The Morgan fingerprint density at radius 3 is 2.18 bits per heavy atom. The first-order chi connectivity index (χ1) is 17.9. The van der Waals surface area contributed by atoms with E-state index in [1.807, 2.05) is 0 Å². The molecule has 0 radical (unpaired) electrons. The summed E-state index contributed by atoms with van der Waals surface area (Å²) in [5, 5.41) is 70.7. The molecule has 0 aromatic heterocycles. The Hall–Kier alpha value is -0.960. The molecule has 0 aromatic carbocycles. The van der Waals surface area contributed by atoms with Crippen LogP contribution in [0.15, 0.2) is 23.3 Å². The Morgan fingerprint density at radius 1 is 0.921 bits per heavy atom. The van der Waals surface area contributed by atoms with Gasteiger partial charge in [-0.2, -0.15) is 0 Å². The second kappa shape index (κ2) is 13.6. The minimum absolute atomic E-state index is 0.152. The van der Waals surface area contributed by atoms with Gasteiger partial charge in [-0.05, 0) is 49.5 Å². The van der Waals surface area contributed by atoms with Gasteiger partial charge in [-0.25, -0.2) is 0 Å². The molecule has 11 nitrogen and oxygen atoms in total. The predicted octanol–water partition coefficient (Wildman–Crippen LogP) is -0.264. The molecule has 1 aliphatic carbocycles. The van der Waals surface area contributed by atoms with Gasteiger partial charge >= 0.3 is 0 Å². The van der Waals surface area contributed by atoms with Crippen LogP contribution in [0.2, 0.25) is 0 Å². The van der Waals surface area contributed by atoms with E-state index >= 15 is 0 Å². The van der Waals surface area contributed by atoms with Crippen LogP contribution in [0.25, 0.3) is 0 Å². The van der Waals surface area contributed by atoms with Crippen molar-refractivity contribution in [1.29, 1.82) is 0 Å². The summed E-state index contributed by atoms with van der Waals surface area (Å²) in [5.41, 5.74) is 2.95. The Balaban J connectivity index is 1.54. The third-order valence-electron chi connectivity index (χ3n) is 7.95. The van der Waals surface area contributed by atoms with Gasteiger partial charge in [0, 0.05) is 0 Å². The summed E-state index contributed by atoms with van der Waals surface area (Å²) < 4.78 is 22.3. The summed E-state index contributed by atoms with van der Waals surface area (Å²) in [6.45, 7) is 7.77. The highest BCUT2D eigenvalue weighted by Gasteiger charge is 2.50. The Labute approximate surface area is 224 Å².